The van der Waals surface area contributed by atoms with Crippen LogP contribution in [0.5, 0.6) is 0 Å². The molecule has 1 amide bonds. The molecule has 1 heterocycles. The number of aromatic nitrogens is 4. The Bertz CT molecular complexity index is 1480. The van der Waals surface area contributed by atoms with Crippen LogP contribution in [-0.2, 0) is 17.2 Å². The van der Waals surface area contributed by atoms with E-state index in [0.29, 0.717) is 23.9 Å². The first-order valence-electron chi connectivity index (χ1n) is 11.0. The van der Waals surface area contributed by atoms with E-state index in [0.717, 1.165) is 4.68 Å². The van der Waals surface area contributed by atoms with Crippen molar-refractivity contribution in [3.05, 3.63) is 57.1 Å². The summed E-state index contributed by atoms with van der Waals surface area (Å²) in [6, 6.07) is 0.0848. The second kappa shape index (κ2) is 12.1. The summed E-state index contributed by atoms with van der Waals surface area (Å²) < 4.78 is 130. The van der Waals surface area contributed by atoms with Gasteiger partial charge in [0.1, 0.15) is 11.6 Å². The van der Waals surface area contributed by atoms with Gasteiger partial charge >= 0.3 is 18.0 Å². The van der Waals surface area contributed by atoms with Gasteiger partial charge in [-0.2, -0.15) is 30.7 Å². The van der Waals surface area contributed by atoms with E-state index >= 15 is 8.78 Å². The van der Waals surface area contributed by atoms with Crippen molar-refractivity contribution < 1.29 is 59.1 Å². The number of aliphatic hydroxyl groups excluding tert-OH is 1. The fourth-order valence-electron chi connectivity index (χ4n) is 3.39. The second-order valence-electron chi connectivity index (χ2n) is 8.08. The van der Waals surface area contributed by atoms with Crippen molar-refractivity contribution in [2.45, 2.75) is 34.6 Å². The van der Waals surface area contributed by atoms with Crippen molar-refractivity contribution in [3.63, 3.8) is 0 Å². The summed E-state index contributed by atoms with van der Waals surface area (Å²) in [6.07, 6.45) is -6.81. The predicted molar refractivity (Wildman–Crippen MR) is 122 cm³/mol. The number of hydrogen-bond donors (Lipinski definition) is 2. The first-order chi connectivity index (χ1) is 19.4. The molecule has 228 valence electrons. The SMILES string of the molecule is NC(=O)c1cc([N+](=O)[O-])cc(-c2c(F)cc(C(F)(F)C(F)(F)C(F)(F)F)cc2F)c1Sc1nnnn1CCOCCO. The quantitative estimate of drug-likeness (QED) is 0.130. The smallest absolute Gasteiger partial charge is 0.394 e. The maximum Gasteiger partial charge on any atom is 0.460 e. The minimum Gasteiger partial charge on any atom is -0.394 e. The summed E-state index contributed by atoms with van der Waals surface area (Å²) in [7, 11) is 0. The van der Waals surface area contributed by atoms with Gasteiger partial charge in [-0.15, -0.1) is 5.10 Å². The zero-order valence-electron chi connectivity index (χ0n) is 20.3. The third kappa shape index (κ3) is 6.26. The lowest BCUT2D eigenvalue weighted by molar-refractivity contribution is -0.384. The monoisotopic (exact) mass is 634 g/mol. The van der Waals surface area contributed by atoms with Crippen LogP contribution in [0, 0.1) is 21.7 Å². The highest BCUT2D eigenvalue weighted by atomic mass is 32.2. The molecular formula is C21H15F9N6O5S. The number of aliphatic hydroxyl groups is 1. The maximum absolute atomic E-state index is 15.2. The normalized spacial score (nSPS) is 12.5. The van der Waals surface area contributed by atoms with E-state index in [1.54, 1.807) is 0 Å². The summed E-state index contributed by atoms with van der Waals surface area (Å²) in [6.45, 7) is -0.549. The number of benzene rings is 2. The number of nitro groups is 1. The molecule has 11 nitrogen and oxygen atoms in total. The van der Waals surface area contributed by atoms with Crippen molar-refractivity contribution in [1.29, 1.82) is 0 Å². The lowest BCUT2D eigenvalue weighted by atomic mass is 9.95. The van der Waals surface area contributed by atoms with Crippen molar-refractivity contribution in [3.8, 4) is 11.1 Å². The van der Waals surface area contributed by atoms with Crippen LogP contribution in [0.2, 0.25) is 0 Å². The number of nitro benzene ring substituents is 1. The van der Waals surface area contributed by atoms with E-state index in [-0.39, 0.29) is 31.5 Å². The lowest BCUT2D eigenvalue weighted by Crippen LogP contribution is -2.50. The van der Waals surface area contributed by atoms with Gasteiger partial charge in [0.15, 0.2) is 0 Å². The molecule has 2 aromatic carbocycles. The number of amides is 1. The number of ether oxygens (including phenoxy) is 1. The fourth-order valence-corrected chi connectivity index (χ4v) is 4.42. The zero-order valence-corrected chi connectivity index (χ0v) is 21.2. The number of carbonyl (C=O) groups excluding carboxylic acids is 1. The molecule has 0 unspecified atom stereocenters. The Kier molecular flexibility index (Phi) is 9.37. The third-order valence-electron chi connectivity index (χ3n) is 5.35. The van der Waals surface area contributed by atoms with Gasteiger partial charge in [-0.05, 0) is 34.3 Å². The Hall–Kier alpha value is -3.98. The molecule has 0 spiro atoms. The lowest BCUT2D eigenvalue weighted by Gasteiger charge is -2.28. The minimum atomic E-state index is -6.81. The number of alkyl halides is 7. The van der Waals surface area contributed by atoms with Crippen LogP contribution in [-0.4, -0.2) is 68.1 Å². The molecule has 1 aromatic heterocycles. The number of halogens is 9. The van der Waals surface area contributed by atoms with Gasteiger partial charge in [0.2, 0.25) is 11.1 Å². The summed E-state index contributed by atoms with van der Waals surface area (Å²) in [4.78, 5) is 22.0. The second-order valence-corrected chi connectivity index (χ2v) is 9.05. The zero-order chi connectivity index (χ0) is 31.6. The number of rotatable bonds is 12. The highest BCUT2D eigenvalue weighted by molar-refractivity contribution is 7.99. The summed E-state index contributed by atoms with van der Waals surface area (Å²) in [5.41, 5.74) is -1.14. The molecule has 0 aliphatic carbocycles. The van der Waals surface area contributed by atoms with Crippen LogP contribution in [0.3, 0.4) is 0 Å². The van der Waals surface area contributed by atoms with Gasteiger partial charge in [-0.3, -0.25) is 14.9 Å². The average molecular weight is 634 g/mol. The van der Waals surface area contributed by atoms with E-state index in [1.165, 1.54) is 0 Å². The number of non-ortho nitro benzene ring substituents is 1. The molecule has 0 bridgehead atoms. The van der Waals surface area contributed by atoms with E-state index in [9.17, 15) is 45.6 Å². The van der Waals surface area contributed by atoms with E-state index in [1.807, 2.05) is 0 Å². The molecule has 0 aliphatic rings. The highest BCUT2D eigenvalue weighted by Gasteiger charge is 2.73. The first kappa shape index (κ1) is 32.5. The maximum atomic E-state index is 15.2. The van der Waals surface area contributed by atoms with Gasteiger partial charge in [-0.25, -0.2) is 13.5 Å². The number of tetrazole rings is 1. The fraction of sp³-hybridized carbons (Fsp3) is 0.333. The van der Waals surface area contributed by atoms with Crippen molar-refractivity contribution >= 4 is 23.4 Å². The van der Waals surface area contributed by atoms with Gasteiger partial charge < -0.3 is 15.6 Å². The van der Waals surface area contributed by atoms with Gasteiger partial charge in [0, 0.05) is 28.2 Å². The summed E-state index contributed by atoms with van der Waals surface area (Å²) >= 11 is 0.365. The van der Waals surface area contributed by atoms with E-state index in [4.69, 9.17) is 15.6 Å². The minimum absolute atomic E-state index is 0.0641. The first-order valence-corrected chi connectivity index (χ1v) is 11.8. The molecule has 3 N–H and O–H groups in total. The van der Waals surface area contributed by atoms with Crippen LogP contribution in [0.4, 0.5) is 45.2 Å². The molecule has 0 radical (unpaired) electrons. The van der Waals surface area contributed by atoms with E-state index in [2.05, 4.69) is 15.5 Å². The van der Waals surface area contributed by atoms with Gasteiger partial charge in [0.05, 0.1) is 42.4 Å². The van der Waals surface area contributed by atoms with E-state index < -0.39 is 85.5 Å². The number of primary amides is 1. The number of carbonyl (C=O) groups is 1. The van der Waals surface area contributed by atoms with Crippen LogP contribution in [0.1, 0.15) is 15.9 Å². The standard InChI is InChI=1S/C21H15F9N6O5S/c22-13-5-9(19(24,25)20(26,27)21(28,29)30)6-14(23)15(13)11-7-10(36(39)40)8-12(17(31)38)16(11)42-18-32-33-34-35(18)1-3-41-4-2-37/h5-8,37H,1-4H2,(H2,31,38). The topological polar surface area (TPSA) is 159 Å². The largest absolute Gasteiger partial charge is 0.460 e. The number of nitrogens with zero attached hydrogens (tertiary/aromatic N) is 5. The molecule has 3 rings (SSSR count). The van der Waals surface area contributed by atoms with Crippen molar-refractivity contribution in [1.82, 2.24) is 20.2 Å². The number of nitrogens with two attached hydrogens (primary N) is 1. The Labute approximate surface area is 231 Å². The predicted octanol–water partition coefficient (Wildman–Crippen LogP) is 4.07. The Balaban J connectivity index is 2.23. The highest BCUT2D eigenvalue weighted by Crippen LogP contribution is 2.52. The van der Waals surface area contributed by atoms with Crippen LogP contribution >= 0.6 is 11.8 Å². The molecule has 42 heavy (non-hydrogen) atoms. The van der Waals surface area contributed by atoms with Crippen LogP contribution in [0.15, 0.2) is 34.3 Å². The summed E-state index contributed by atoms with van der Waals surface area (Å²) in [5.74, 6) is -18.6. The molecule has 21 heteroatoms. The summed E-state index contributed by atoms with van der Waals surface area (Å²) in [5, 5.41) is 30.7. The Morgan fingerprint density at radius 1 is 1.07 bits per heavy atom. The number of hydrogen-bond acceptors (Lipinski definition) is 9. The molecule has 0 atom stereocenters. The third-order valence-corrected chi connectivity index (χ3v) is 6.47. The molecule has 0 fully saturated rings. The van der Waals surface area contributed by atoms with Gasteiger partial charge in [-0.1, -0.05) is 0 Å². The molecule has 0 aliphatic heterocycles. The van der Waals surface area contributed by atoms with Crippen LogP contribution < -0.4 is 5.73 Å². The molecular weight excluding hydrogens is 619 g/mol. The average Bonchev–Trinajstić information content (AvgIpc) is 3.32. The van der Waals surface area contributed by atoms with Crippen molar-refractivity contribution in [2.75, 3.05) is 19.8 Å². The van der Waals surface area contributed by atoms with Gasteiger partial charge in [0.25, 0.3) is 5.69 Å². The Morgan fingerprint density at radius 3 is 2.21 bits per heavy atom. The molecule has 0 saturated heterocycles. The Morgan fingerprint density at radius 2 is 1.69 bits per heavy atom. The van der Waals surface area contributed by atoms with Crippen LogP contribution in [0.25, 0.3) is 11.1 Å². The van der Waals surface area contributed by atoms with Crippen molar-refractivity contribution in [2.24, 2.45) is 5.73 Å². The molecule has 0 saturated carbocycles. The molecule has 3 aromatic rings.